The number of nitrogens with zero attached hydrogens (tertiary/aromatic N) is 2. The Bertz CT molecular complexity index is 414. The molecule has 2 atom stereocenters. The first-order chi connectivity index (χ1) is 9.52. The maximum absolute atomic E-state index is 13.0. The highest BCUT2D eigenvalue weighted by molar-refractivity contribution is 4.99. The maximum Gasteiger partial charge on any atom is 0.393 e. The third-order valence-electron chi connectivity index (χ3n) is 3.99. The van der Waals surface area contributed by atoms with Crippen molar-refractivity contribution in [2.24, 2.45) is 5.92 Å². The van der Waals surface area contributed by atoms with E-state index in [2.05, 4.69) is 17.2 Å². The predicted octanol–water partition coefficient (Wildman–Crippen LogP) is 3.50. The Labute approximate surface area is 117 Å². The van der Waals surface area contributed by atoms with Crippen LogP contribution in [0.4, 0.5) is 13.2 Å². The molecule has 1 fully saturated rings. The van der Waals surface area contributed by atoms with Crippen LogP contribution in [0.15, 0.2) is 12.5 Å². The molecule has 0 saturated heterocycles. The van der Waals surface area contributed by atoms with E-state index in [-0.39, 0.29) is 6.42 Å². The Morgan fingerprint density at radius 2 is 2.10 bits per heavy atom. The molecule has 0 aliphatic heterocycles. The van der Waals surface area contributed by atoms with Crippen LogP contribution in [0, 0.1) is 5.92 Å². The van der Waals surface area contributed by atoms with Crippen molar-refractivity contribution in [2.75, 3.05) is 0 Å². The van der Waals surface area contributed by atoms with Crippen LogP contribution in [0.2, 0.25) is 0 Å². The van der Waals surface area contributed by atoms with E-state index in [4.69, 9.17) is 0 Å². The Kier molecular flexibility index (Phi) is 5.07. The molecule has 2 rings (SSSR count). The highest BCUT2D eigenvalue weighted by Crippen LogP contribution is 2.37. The Hall–Kier alpha value is -1.04. The van der Waals surface area contributed by atoms with Crippen LogP contribution >= 0.6 is 0 Å². The Morgan fingerprint density at radius 3 is 2.80 bits per heavy atom. The van der Waals surface area contributed by atoms with Gasteiger partial charge in [-0.1, -0.05) is 19.8 Å². The summed E-state index contributed by atoms with van der Waals surface area (Å²) in [6.45, 7) is 3.37. The number of rotatable bonds is 5. The van der Waals surface area contributed by atoms with Crippen molar-refractivity contribution in [3.05, 3.63) is 18.2 Å². The van der Waals surface area contributed by atoms with Gasteiger partial charge in [-0.2, -0.15) is 13.2 Å². The fourth-order valence-electron chi connectivity index (χ4n) is 2.94. The van der Waals surface area contributed by atoms with Gasteiger partial charge in [-0.25, -0.2) is 4.98 Å². The van der Waals surface area contributed by atoms with E-state index < -0.39 is 18.1 Å². The van der Waals surface area contributed by atoms with Crippen molar-refractivity contribution in [1.29, 1.82) is 0 Å². The van der Waals surface area contributed by atoms with Gasteiger partial charge < -0.3 is 9.88 Å². The molecule has 3 nitrogen and oxygen atoms in total. The number of hydrogen-bond acceptors (Lipinski definition) is 2. The average molecular weight is 289 g/mol. The van der Waals surface area contributed by atoms with Crippen LogP contribution in [0.3, 0.4) is 0 Å². The third-order valence-corrected chi connectivity index (χ3v) is 3.99. The van der Waals surface area contributed by atoms with E-state index in [9.17, 15) is 13.2 Å². The van der Waals surface area contributed by atoms with E-state index >= 15 is 0 Å². The maximum atomic E-state index is 13.0. The summed E-state index contributed by atoms with van der Waals surface area (Å²) in [5.74, 6) is -1.21. The molecule has 1 aromatic rings. The van der Waals surface area contributed by atoms with Crippen LogP contribution in [-0.2, 0) is 13.1 Å². The van der Waals surface area contributed by atoms with Crippen molar-refractivity contribution >= 4 is 0 Å². The summed E-state index contributed by atoms with van der Waals surface area (Å²) in [5.41, 5.74) is 0.957. The van der Waals surface area contributed by atoms with E-state index in [1.807, 2.05) is 4.57 Å². The summed E-state index contributed by atoms with van der Waals surface area (Å²) in [6.07, 6.45) is 2.76. The van der Waals surface area contributed by atoms with Gasteiger partial charge in [-0.3, -0.25) is 0 Å². The first-order valence-electron chi connectivity index (χ1n) is 7.31. The second-order valence-corrected chi connectivity index (χ2v) is 5.50. The number of alkyl halides is 3. The zero-order chi connectivity index (χ0) is 14.6. The summed E-state index contributed by atoms with van der Waals surface area (Å²) in [5, 5.41) is 3.10. The third kappa shape index (κ3) is 3.75. The molecule has 0 spiro atoms. The number of aromatic nitrogens is 2. The molecule has 6 heteroatoms. The molecule has 0 aromatic carbocycles. The molecule has 0 bridgehead atoms. The van der Waals surface area contributed by atoms with Crippen LogP contribution < -0.4 is 5.32 Å². The van der Waals surface area contributed by atoms with Gasteiger partial charge in [0.15, 0.2) is 0 Å². The number of imidazole rings is 1. The van der Waals surface area contributed by atoms with Crippen molar-refractivity contribution in [3.8, 4) is 0 Å². The second-order valence-electron chi connectivity index (χ2n) is 5.50. The van der Waals surface area contributed by atoms with Crippen LogP contribution in [-0.4, -0.2) is 21.8 Å². The molecule has 1 saturated carbocycles. The van der Waals surface area contributed by atoms with Gasteiger partial charge in [-0.05, 0) is 19.3 Å². The number of aryl methyl sites for hydroxylation is 1. The van der Waals surface area contributed by atoms with Gasteiger partial charge in [0.05, 0.1) is 17.9 Å². The smallest absolute Gasteiger partial charge is 0.333 e. The monoisotopic (exact) mass is 289 g/mol. The van der Waals surface area contributed by atoms with Crippen molar-refractivity contribution in [1.82, 2.24) is 14.9 Å². The lowest BCUT2D eigenvalue weighted by Crippen LogP contribution is -2.45. The highest BCUT2D eigenvalue weighted by Gasteiger charge is 2.45. The lowest BCUT2D eigenvalue weighted by Gasteiger charge is -2.33. The quantitative estimate of drug-likeness (QED) is 0.899. The normalized spacial score (nSPS) is 24.0. The Balaban J connectivity index is 1.95. The molecule has 0 amide bonds. The molecule has 20 heavy (non-hydrogen) atoms. The van der Waals surface area contributed by atoms with E-state index in [0.29, 0.717) is 19.4 Å². The number of halogens is 3. The molecule has 0 radical (unpaired) electrons. The fraction of sp³-hybridized carbons (Fsp3) is 0.786. The molecule has 1 aliphatic rings. The van der Waals surface area contributed by atoms with Gasteiger partial charge in [-0.15, -0.1) is 0 Å². The molecule has 1 aliphatic carbocycles. The summed E-state index contributed by atoms with van der Waals surface area (Å²) in [4.78, 5) is 4.07. The Morgan fingerprint density at radius 1 is 1.35 bits per heavy atom. The SMILES string of the molecule is CCCn1cncc1CNC1CCCCC1C(F)(F)F. The van der Waals surface area contributed by atoms with Crippen LogP contribution in [0.1, 0.15) is 44.7 Å². The fourth-order valence-corrected chi connectivity index (χ4v) is 2.94. The lowest BCUT2D eigenvalue weighted by molar-refractivity contribution is -0.189. The van der Waals surface area contributed by atoms with Crippen molar-refractivity contribution in [3.63, 3.8) is 0 Å². The van der Waals surface area contributed by atoms with Gasteiger partial charge in [0.1, 0.15) is 0 Å². The zero-order valence-corrected chi connectivity index (χ0v) is 11.8. The van der Waals surface area contributed by atoms with Crippen molar-refractivity contribution in [2.45, 2.75) is 64.3 Å². The average Bonchev–Trinajstić information content (AvgIpc) is 2.83. The summed E-state index contributed by atoms with van der Waals surface area (Å²) < 4.78 is 41.0. The van der Waals surface area contributed by atoms with Gasteiger partial charge in [0.2, 0.25) is 0 Å². The van der Waals surface area contributed by atoms with E-state index in [1.165, 1.54) is 0 Å². The summed E-state index contributed by atoms with van der Waals surface area (Å²) in [7, 11) is 0. The minimum Gasteiger partial charge on any atom is -0.333 e. The molecule has 1 heterocycles. The second kappa shape index (κ2) is 6.61. The molecular formula is C14H22F3N3. The lowest BCUT2D eigenvalue weighted by atomic mass is 9.84. The van der Waals surface area contributed by atoms with Gasteiger partial charge in [0.25, 0.3) is 0 Å². The minimum atomic E-state index is -4.10. The van der Waals surface area contributed by atoms with Crippen molar-refractivity contribution < 1.29 is 13.2 Å². The van der Waals surface area contributed by atoms with Gasteiger partial charge >= 0.3 is 6.18 Å². The first-order valence-corrected chi connectivity index (χ1v) is 7.31. The molecule has 1 N–H and O–H groups in total. The van der Waals surface area contributed by atoms with E-state index in [1.54, 1.807) is 12.5 Å². The topological polar surface area (TPSA) is 29.9 Å². The molecule has 114 valence electrons. The van der Waals surface area contributed by atoms with Gasteiger partial charge in [0, 0.05) is 25.3 Å². The number of nitrogens with one attached hydrogen (secondary N) is 1. The standard InChI is InChI=1S/C14H22F3N3/c1-2-7-20-10-18-8-11(20)9-19-13-6-4-3-5-12(13)14(15,16)17/h8,10,12-13,19H,2-7,9H2,1H3. The van der Waals surface area contributed by atoms with E-state index in [0.717, 1.165) is 25.1 Å². The summed E-state index contributed by atoms with van der Waals surface area (Å²) in [6, 6.07) is -0.464. The molecule has 1 aromatic heterocycles. The zero-order valence-electron chi connectivity index (χ0n) is 11.8. The predicted molar refractivity (Wildman–Crippen MR) is 71.2 cm³/mol. The molecule has 2 unspecified atom stereocenters. The van der Waals surface area contributed by atoms with Crippen LogP contribution in [0.25, 0.3) is 0 Å². The largest absolute Gasteiger partial charge is 0.393 e. The first kappa shape index (κ1) is 15.4. The minimum absolute atomic E-state index is 0.245. The highest BCUT2D eigenvalue weighted by atomic mass is 19.4. The van der Waals surface area contributed by atoms with Crippen LogP contribution in [0.5, 0.6) is 0 Å². The molecular weight excluding hydrogens is 267 g/mol. The number of hydrogen-bond donors (Lipinski definition) is 1. The summed E-state index contributed by atoms with van der Waals surface area (Å²) >= 11 is 0.